The summed E-state index contributed by atoms with van der Waals surface area (Å²) in [5.41, 5.74) is 13.3. The molecule has 3 heterocycles. The number of aliphatic imine (C=N–C) groups is 1. The Labute approximate surface area is 295 Å². The summed E-state index contributed by atoms with van der Waals surface area (Å²) in [4.78, 5) is 10.5. The van der Waals surface area contributed by atoms with Crippen LogP contribution in [0.15, 0.2) is 179 Å². The first kappa shape index (κ1) is 28.0. The van der Waals surface area contributed by atoms with Crippen LogP contribution in [-0.4, -0.2) is 17.5 Å². The smallest absolute Gasteiger partial charge is 0.141 e. The van der Waals surface area contributed by atoms with Gasteiger partial charge in [-0.3, -0.25) is 4.57 Å². The maximum Gasteiger partial charge on any atom is 0.141 e. The van der Waals surface area contributed by atoms with Crippen LogP contribution in [0.4, 0.5) is 11.4 Å². The number of rotatable bonds is 1. The van der Waals surface area contributed by atoms with E-state index in [0.29, 0.717) is 0 Å². The molecule has 7 aromatic carbocycles. The first-order valence-corrected chi connectivity index (χ1v) is 18.1. The molecule has 1 aliphatic carbocycles. The standard InChI is InChI=1S/C46H31N3S/c1-48-40-24-12-10-22-38(40)47-45(44(48)29-15-3-2-4-16-29)49-39-23-11-6-18-31(39)33-27-37-32(28-41(33)49)30-17-5-7-19-34(30)46(37)35-20-8-13-25-42(35)50-43-26-14-9-21-36(43)46/h2-28,44H,1H3. The third-order valence-corrected chi connectivity index (χ3v) is 12.3. The Morgan fingerprint density at radius 3 is 1.98 bits per heavy atom. The summed E-state index contributed by atoms with van der Waals surface area (Å²) < 4.78 is 2.45. The fraction of sp³-hybridized carbons (Fsp3) is 0.0652. The normalized spacial score (nSPS) is 16.5. The van der Waals surface area contributed by atoms with Crippen LogP contribution in [0, 0.1) is 0 Å². The molecule has 11 rings (SSSR count). The second kappa shape index (κ2) is 10.3. The zero-order chi connectivity index (χ0) is 33.0. The van der Waals surface area contributed by atoms with Gasteiger partial charge in [-0.15, -0.1) is 0 Å². The molecule has 0 N–H and O–H groups in total. The molecular weight excluding hydrogens is 627 g/mol. The molecule has 0 amide bonds. The zero-order valence-electron chi connectivity index (χ0n) is 27.4. The molecule has 0 radical (unpaired) electrons. The summed E-state index contributed by atoms with van der Waals surface area (Å²) in [6.07, 6.45) is 0. The van der Waals surface area contributed by atoms with E-state index >= 15 is 0 Å². The maximum absolute atomic E-state index is 5.51. The number of nitrogens with zero attached hydrogens (tertiary/aromatic N) is 3. The minimum atomic E-state index is -0.421. The van der Waals surface area contributed by atoms with Crippen LogP contribution in [0.1, 0.15) is 33.9 Å². The van der Waals surface area contributed by atoms with Crippen LogP contribution in [0.3, 0.4) is 0 Å². The van der Waals surface area contributed by atoms with Crippen molar-refractivity contribution in [2.24, 2.45) is 4.99 Å². The SMILES string of the molecule is CN1c2ccccc2N=C(n2c3ccccc3c3cc4c(cc32)-c2ccccc2C42c3ccccc3Sc3ccccc32)C1c1ccccc1. The zero-order valence-corrected chi connectivity index (χ0v) is 28.2. The van der Waals surface area contributed by atoms with Crippen LogP contribution in [0.2, 0.25) is 0 Å². The fourth-order valence-electron chi connectivity index (χ4n) is 9.09. The molecule has 8 aromatic rings. The molecule has 0 saturated carbocycles. The van der Waals surface area contributed by atoms with Crippen LogP contribution in [0.5, 0.6) is 0 Å². The second-order valence-corrected chi connectivity index (χ2v) is 14.6. The first-order chi connectivity index (χ1) is 24.7. The highest BCUT2D eigenvalue weighted by molar-refractivity contribution is 7.99. The Kier molecular flexibility index (Phi) is 5.80. The second-order valence-electron chi connectivity index (χ2n) is 13.5. The van der Waals surface area contributed by atoms with Crippen LogP contribution in [0.25, 0.3) is 32.9 Å². The van der Waals surface area contributed by atoms with Gasteiger partial charge in [0.15, 0.2) is 0 Å². The minimum absolute atomic E-state index is 0.0777. The molecule has 1 aromatic heterocycles. The molecule has 236 valence electrons. The van der Waals surface area contributed by atoms with Crippen LogP contribution in [-0.2, 0) is 5.41 Å². The van der Waals surface area contributed by atoms with Crippen molar-refractivity contribution in [3.8, 4) is 11.1 Å². The highest BCUT2D eigenvalue weighted by Gasteiger charge is 2.50. The third kappa shape index (κ3) is 3.58. The van der Waals surface area contributed by atoms with Crippen LogP contribution < -0.4 is 4.90 Å². The van der Waals surface area contributed by atoms with Crippen molar-refractivity contribution in [2.45, 2.75) is 21.2 Å². The van der Waals surface area contributed by atoms with Crippen LogP contribution >= 0.6 is 11.8 Å². The number of para-hydroxylation sites is 3. The van der Waals surface area contributed by atoms with E-state index in [9.17, 15) is 0 Å². The van der Waals surface area contributed by atoms with E-state index in [1.165, 1.54) is 70.5 Å². The molecule has 3 aliphatic rings. The lowest BCUT2D eigenvalue weighted by molar-refractivity contribution is 0.723. The van der Waals surface area contributed by atoms with Crippen molar-refractivity contribution in [2.75, 3.05) is 11.9 Å². The van der Waals surface area contributed by atoms with Crippen molar-refractivity contribution < 1.29 is 0 Å². The summed E-state index contributed by atoms with van der Waals surface area (Å²) >= 11 is 1.89. The molecule has 4 heteroatoms. The fourth-order valence-corrected chi connectivity index (χ4v) is 10.3. The largest absolute Gasteiger partial charge is 0.359 e. The van der Waals surface area contributed by atoms with Gasteiger partial charge in [0, 0.05) is 27.6 Å². The summed E-state index contributed by atoms with van der Waals surface area (Å²) in [6, 6.07) is 60.3. The van der Waals surface area contributed by atoms with E-state index in [0.717, 1.165) is 17.2 Å². The van der Waals surface area contributed by atoms with Gasteiger partial charge in [-0.2, -0.15) is 0 Å². The Morgan fingerprint density at radius 2 is 1.18 bits per heavy atom. The van der Waals surface area contributed by atoms with E-state index < -0.39 is 5.41 Å². The Bertz CT molecular complexity index is 2680. The molecule has 0 fully saturated rings. The highest BCUT2D eigenvalue weighted by Crippen LogP contribution is 2.62. The number of likely N-dealkylation sites (N-methyl/N-ethyl adjacent to an activating group) is 1. The molecule has 1 unspecified atom stereocenters. The summed E-state index contributed by atoms with van der Waals surface area (Å²) in [5.74, 6) is 1.01. The predicted molar refractivity (Wildman–Crippen MR) is 207 cm³/mol. The Balaban J connectivity index is 1.27. The number of hydrogen-bond donors (Lipinski definition) is 0. The van der Waals surface area contributed by atoms with Crippen molar-refractivity contribution >= 4 is 50.8 Å². The number of aromatic nitrogens is 1. The molecule has 3 nitrogen and oxygen atoms in total. The third-order valence-electron chi connectivity index (χ3n) is 11.1. The van der Waals surface area contributed by atoms with Gasteiger partial charge < -0.3 is 4.90 Å². The quantitative estimate of drug-likeness (QED) is 0.175. The minimum Gasteiger partial charge on any atom is -0.359 e. The van der Waals surface area contributed by atoms with Gasteiger partial charge in [0.05, 0.1) is 27.8 Å². The number of hydrogen-bond acceptors (Lipinski definition) is 3. The van der Waals surface area contributed by atoms with E-state index in [4.69, 9.17) is 4.99 Å². The highest BCUT2D eigenvalue weighted by atomic mass is 32.2. The van der Waals surface area contributed by atoms with Gasteiger partial charge >= 0.3 is 0 Å². The number of benzene rings is 7. The molecule has 1 spiro atoms. The average Bonchev–Trinajstić information content (AvgIpc) is 3.64. The summed E-state index contributed by atoms with van der Waals surface area (Å²) in [6.45, 7) is 0. The topological polar surface area (TPSA) is 20.5 Å². The lowest BCUT2D eigenvalue weighted by Crippen LogP contribution is -2.37. The van der Waals surface area contributed by atoms with Gasteiger partial charge in [-0.25, -0.2) is 4.99 Å². The lowest BCUT2D eigenvalue weighted by atomic mass is 9.67. The van der Waals surface area contributed by atoms with Crippen molar-refractivity contribution in [1.82, 2.24) is 4.57 Å². The van der Waals surface area contributed by atoms with Gasteiger partial charge in [0.2, 0.25) is 0 Å². The monoisotopic (exact) mass is 657 g/mol. The number of fused-ring (bicyclic) bond motifs is 13. The molecule has 50 heavy (non-hydrogen) atoms. The van der Waals surface area contributed by atoms with E-state index in [2.05, 4.69) is 180 Å². The average molecular weight is 658 g/mol. The first-order valence-electron chi connectivity index (χ1n) is 17.2. The van der Waals surface area contributed by atoms with Gasteiger partial charge in [0.25, 0.3) is 0 Å². The molecular formula is C46H31N3S. The van der Waals surface area contributed by atoms with Crippen molar-refractivity contribution in [1.29, 1.82) is 0 Å². The van der Waals surface area contributed by atoms with Gasteiger partial charge in [-0.05, 0) is 81.4 Å². The molecule has 0 bridgehead atoms. The van der Waals surface area contributed by atoms with Gasteiger partial charge in [-0.1, -0.05) is 133 Å². The van der Waals surface area contributed by atoms with E-state index in [-0.39, 0.29) is 6.04 Å². The lowest BCUT2D eigenvalue weighted by Gasteiger charge is -2.39. The summed E-state index contributed by atoms with van der Waals surface area (Å²) in [5, 5.41) is 2.48. The van der Waals surface area contributed by atoms with Gasteiger partial charge in [0.1, 0.15) is 11.9 Å². The molecule has 0 saturated heterocycles. The van der Waals surface area contributed by atoms with Crippen molar-refractivity contribution in [3.63, 3.8) is 0 Å². The molecule has 2 aliphatic heterocycles. The Hall–Kier alpha value is -5.84. The predicted octanol–water partition coefficient (Wildman–Crippen LogP) is 11.4. The number of anilines is 1. The van der Waals surface area contributed by atoms with E-state index in [1.807, 2.05) is 11.8 Å². The Morgan fingerprint density at radius 1 is 0.540 bits per heavy atom. The molecule has 1 atom stereocenters. The van der Waals surface area contributed by atoms with Crippen molar-refractivity contribution in [3.05, 3.63) is 192 Å². The van der Waals surface area contributed by atoms with E-state index in [1.54, 1.807) is 0 Å². The summed E-state index contributed by atoms with van der Waals surface area (Å²) in [7, 11) is 2.20. The maximum atomic E-state index is 5.51.